The van der Waals surface area contributed by atoms with E-state index in [2.05, 4.69) is 50.1 Å². The van der Waals surface area contributed by atoms with E-state index in [-0.39, 0.29) is 11.3 Å². The summed E-state index contributed by atoms with van der Waals surface area (Å²) in [6.07, 6.45) is 0. The zero-order valence-corrected chi connectivity index (χ0v) is 16.0. The van der Waals surface area contributed by atoms with Crippen LogP contribution in [0.25, 0.3) is 0 Å². The van der Waals surface area contributed by atoms with Crippen molar-refractivity contribution in [3.05, 3.63) is 65.2 Å². The molecule has 0 atom stereocenters. The molecule has 0 aliphatic rings. The van der Waals surface area contributed by atoms with Gasteiger partial charge in [0.15, 0.2) is 0 Å². The van der Waals surface area contributed by atoms with Gasteiger partial charge in [0.1, 0.15) is 0 Å². The van der Waals surface area contributed by atoms with Gasteiger partial charge in [0.25, 0.3) is 0 Å². The number of anilines is 1. The van der Waals surface area contributed by atoms with Gasteiger partial charge in [0.05, 0.1) is 5.69 Å². The summed E-state index contributed by atoms with van der Waals surface area (Å²) in [5.41, 5.74) is 3.32. The zero-order chi connectivity index (χ0) is 18.7. The Kier molecular flexibility index (Phi) is 5.38. The van der Waals surface area contributed by atoms with Gasteiger partial charge in [0.2, 0.25) is 5.91 Å². The van der Waals surface area contributed by atoms with E-state index in [1.807, 2.05) is 57.2 Å². The quantitative estimate of drug-likeness (QED) is 0.699. The van der Waals surface area contributed by atoms with Crippen LogP contribution in [0.1, 0.15) is 58.2 Å². The van der Waals surface area contributed by atoms with Gasteiger partial charge in [0, 0.05) is 16.5 Å². The lowest BCUT2D eigenvalue weighted by Crippen LogP contribution is -2.28. The second-order valence-corrected chi connectivity index (χ2v) is 8.33. The topological polar surface area (TPSA) is 29.1 Å². The van der Waals surface area contributed by atoms with Gasteiger partial charge < -0.3 is 5.32 Å². The van der Waals surface area contributed by atoms with Crippen LogP contribution in [0, 0.1) is 17.3 Å². The Morgan fingerprint density at radius 1 is 0.880 bits per heavy atom. The van der Waals surface area contributed by atoms with Crippen molar-refractivity contribution in [2.75, 3.05) is 5.32 Å². The smallest absolute Gasteiger partial charge is 0.229 e. The molecule has 130 valence electrons. The van der Waals surface area contributed by atoms with Crippen LogP contribution in [-0.4, -0.2) is 5.91 Å². The molecule has 1 N–H and O–H groups in total. The predicted molar refractivity (Wildman–Crippen MR) is 106 cm³/mol. The molecule has 2 nitrogen and oxygen atoms in total. The number of benzene rings is 2. The maximum Gasteiger partial charge on any atom is 0.229 e. The largest absolute Gasteiger partial charge is 0.325 e. The van der Waals surface area contributed by atoms with Crippen molar-refractivity contribution in [3.63, 3.8) is 0 Å². The Labute approximate surface area is 151 Å². The Morgan fingerprint density at radius 2 is 1.52 bits per heavy atom. The Bertz CT molecular complexity index is 809. The summed E-state index contributed by atoms with van der Waals surface area (Å²) in [5.74, 6) is 6.41. The third-order valence-corrected chi connectivity index (χ3v) is 3.93. The van der Waals surface area contributed by atoms with Crippen molar-refractivity contribution < 1.29 is 4.79 Å². The molecule has 0 radical (unpaired) electrons. The fourth-order valence-corrected chi connectivity index (χ4v) is 2.19. The number of hydrogen-bond acceptors (Lipinski definition) is 1. The van der Waals surface area contributed by atoms with Crippen molar-refractivity contribution in [1.82, 2.24) is 0 Å². The Balaban J connectivity index is 2.46. The van der Waals surface area contributed by atoms with E-state index in [1.54, 1.807) is 0 Å². The average Bonchev–Trinajstić information content (AvgIpc) is 2.53. The number of amides is 1. The van der Waals surface area contributed by atoms with Crippen molar-refractivity contribution in [1.29, 1.82) is 0 Å². The van der Waals surface area contributed by atoms with Gasteiger partial charge in [-0.05, 0) is 35.2 Å². The predicted octanol–water partition coefficient (Wildman–Crippen LogP) is 5.37. The minimum absolute atomic E-state index is 0.0150. The van der Waals surface area contributed by atoms with E-state index >= 15 is 0 Å². The molecule has 2 aromatic rings. The molecule has 0 saturated heterocycles. The molecule has 0 saturated carbocycles. The maximum atomic E-state index is 12.4. The molecule has 2 heteroatoms. The third-order valence-electron chi connectivity index (χ3n) is 3.93. The number of hydrogen-bond donors (Lipinski definition) is 1. The van der Waals surface area contributed by atoms with Crippen LogP contribution in [-0.2, 0) is 10.2 Å². The van der Waals surface area contributed by atoms with Crippen LogP contribution in [0.15, 0.2) is 48.5 Å². The SMILES string of the molecule is CC(C)(C)C(=O)Nc1ccc(C(C)(C)C)cc1C#Cc1ccccc1. The van der Waals surface area contributed by atoms with Gasteiger partial charge in [-0.25, -0.2) is 0 Å². The molecule has 2 aromatic carbocycles. The monoisotopic (exact) mass is 333 g/mol. The highest BCUT2D eigenvalue weighted by Crippen LogP contribution is 2.27. The lowest BCUT2D eigenvalue weighted by atomic mass is 9.85. The minimum atomic E-state index is -0.452. The summed E-state index contributed by atoms with van der Waals surface area (Å²) in [4.78, 5) is 12.4. The third kappa shape index (κ3) is 5.22. The summed E-state index contributed by atoms with van der Waals surface area (Å²) in [6, 6.07) is 16.0. The number of carbonyl (C=O) groups is 1. The molecular weight excluding hydrogens is 306 g/mol. The van der Waals surface area contributed by atoms with E-state index in [0.29, 0.717) is 0 Å². The second kappa shape index (κ2) is 7.15. The van der Waals surface area contributed by atoms with Crippen LogP contribution < -0.4 is 5.32 Å². The number of rotatable bonds is 1. The average molecular weight is 333 g/mol. The van der Waals surface area contributed by atoms with Gasteiger partial charge in [-0.3, -0.25) is 4.79 Å². The summed E-state index contributed by atoms with van der Waals surface area (Å²) < 4.78 is 0. The molecule has 0 spiro atoms. The lowest BCUT2D eigenvalue weighted by Gasteiger charge is -2.22. The first-order valence-corrected chi connectivity index (χ1v) is 8.60. The van der Waals surface area contributed by atoms with Gasteiger partial charge in [-0.2, -0.15) is 0 Å². The first kappa shape index (κ1) is 18.8. The van der Waals surface area contributed by atoms with E-state index in [4.69, 9.17) is 0 Å². The van der Waals surface area contributed by atoms with E-state index in [1.165, 1.54) is 5.56 Å². The first-order valence-electron chi connectivity index (χ1n) is 8.60. The lowest BCUT2D eigenvalue weighted by molar-refractivity contribution is -0.123. The van der Waals surface area contributed by atoms with E-state index in [0.717, 1.165) is 16.8 Å². The normalized spacial score (nSPS) is 11.4. The highest BCUT2D eigenvalue weighted by molar-refractivity contribution is 5.95. The van der Waals surface area contributed by atoms with Crippen molar-refractivity contribution in [3.8, 4) is 11.8 Å². The molecule has 1 amide bonds. The van der Waals surface area contributed by atoms with Crippen molar-refractivity contribution in [2.24, 2.45) is 5.41 Å². The Hall–Kier alpha value is -2.53. The molecule has 25 heavy (non-hydrogen) atoms. The molecule has 0 fully saturated rings. The van der Waals surface area contributed by atoms with Gasteiger partial charge in [-0.15, -0.1) is 0 Å². The van der Waals surface area contributed by atoms with E-state index in [9.17, 15) is 4.79 Å². The maximum absolute atomic E-state index is 12.4. The van der Waals surface area contributed by atoms with Crippen LogP contribution in [0.3, 0.4) is 0 Å². The molecule has 0 heterocycles. The van der Waals surface area contributed by atoms with E-state index < -0.39 is 5.41 Å². The fraction of sp³-hybridized carbons (Fsp3) is 0.348. The van der Waals surface area contributed by atoms with Gasteiger partial charge in [-0.1, -0.05) is 77.6 Å². The molecule has 0 unspecified atom stereocenters. The van der Waals surface area contributed by atoms with Crippen LogP contribution in [0.2, 0.25) is 0 Å². The highest BCUT2D eigenvalue weighted by Gasteiger charge is 2.22. The minimum Gasteiger partial charge on any atom is -0.325 e. The fourth-order valence-electron chi connectivity index (χ4n) is 2.19. The van der Waals surface area contributed by atoms with Crippen LogP contribution in [0.5, 0.6) is 0 Å². The summed E-state index contributed by atoms with van der Waals surface area (Å²) in [5, 5.41) is 3.02. The van der Waals surface area contributed by atoms with Crippen molar-refractivity contribution in [2.45, 2.75) is 47.0 Å². The second-order valence-electron chi connectivity index (χ2n) is 8.33. The van der Waals surface area contributed by atoms with Crippen LogP contribution in [0.4, 0.5) is 5.69 Å². The first-order chi connectivity index (χ1) is 11.6. The van der Waals surface area contributed by atoms with Crippen molar-refractivity contribution >= 4 is 11.6 Å². The molecule has 0 aromatic heterocycles. The summed E-state index contributed by atoms with van der Waals surface area (Å²) >= 11 is 0. The summed E-state index contributed by atoms with van der Waals surface area (Å²) in [7, 11) is 0. The van der Waals surface area contributed by atoms with Crippen LogP contribution >= 0.6 is 0 Å². The highest BCUT2D eigenvalue weighted by atomic mass is 16.2. The standard InChI is InChI=1S/C23H27NO/c1-22(2,3)19-14-15-20(24-21(25)23(4,5)6)18(16-19)13-12-17-10-8-7-9-11-17/h7-11,14-16H,1-6H3,(H,24,25). The van der Waals surface area contributed by atoms with Gasteiger partial charge >= 0.3 is 0 Å². The summed E-state index contributed by atoms with van der Waals surface area (Å²) in [6.45, 7) is 12.2. The Morgan fingerprint density at radius 3 is 2.08 bits per heavy atom. The molecule has 0 aliphatic heterocycles. The molecule has 0 bridgehead atoms. The molecule has 2 rings (SSSR count). The molecule has 0 aliphatic carbocycles. The zero-order valence-electron chi connectivity index (χ0n) is 16.0. The molecular formula is C23H27NO. The number of carbonyl (C=O) groups excluding carboxylic acids is 1. The number of nitrogens with one attached hydrogen (secondary N) is 1.